The Morgan fingerprint density at radius 2 is 1.71 bits per heavy atom. The monoisotopic (exact) mass is 589 g/mol. The molecule has 1 aromatic carbocycles. The van der Waals surface area contributed by atoms with E-state index >= 15 is 0 Å². The third-order valence-corrected chi connectivity index (χ3v) is 9.76. The van der Waals surface area contributed by atoms with E-state index in [4.69, 9.17) is 21.6 Å². The molecule has 2 aromatic rings. The second-order valence-corrected chi connectivity index (χ2v) is 13.5. The number of likely N-dealkylation sites (tertiary alicyclic amines) is 1. The molecule has 0 unspecified atom stereocenters. The summed E-state index contributed by atoms with van der Waals surface area (Å²) in [6.45, 7) is 10.3. The van der Waals surface area contributed by atoms with Crippen LogP contribution < -0.4 is 10.1 Å². The average Bonchev–Trinajstić information content (AvgIpc) is 2.98. The number of rotatable bonds is 5. The van der Waals surface area contributed by atoms with Crippen LogP contribution in [0.5, 0.6) is 5.75 Å². The molecule has 0 spiro atoms. The zero-order valence-electron chi connectivity index (χ0n) is 24.9. The first-order chi connectivity index (χ1) is 20.0. The molecule has 3 aliphatic rings. The van der Waals surface area contributed by atoms with Gasteiger partial charge in [0.1, 0.15) is 17.9 Å². The number of nitrogens with one attached hydrogen (secondary N) is 1. The minimum Gasteiger partial charge on any atom is -0.489 e. The Bertz CT molecular complexity index is 1380. The second kappa shape index (κ2) is 12.2. The fraction of sp³-hybridized carbons (Fsp3) is 0.576. The number of benzene rings is 1. The lowest BCUT2D eigenvalue weighted by atomic mass is 9.49. The van der Waals surface area contributed by atoms with Crippen LogP contribution in [0.1, 0.15) is 88.0 Å². The van der Waals surface area contributed by atoms with E-state index in [2.05, 4.69) is 65.8 Å². The maximum absolute atomic E-state index is 13.2. The fourth-order valence-electron chi connectivity index (χ4n) is 7.32. The third-order valence-electron chi connectivity index (χ3n) is 9.44. The predicted octanol–water partition coefficient (Wildman–Crippen LogP) is 4.98. The normalized spacial score (nSPS) is 27.1. The molecule has 8 nitrogen and oxygen atoms in total. The largest absolute Gasteiger partial charge is 0.489 e. The number of hydrogen-bond acceptors (Lipinski definition) is 7. The molecular formula is C33H40ClN5O3. The van der Waals surface area contributed by atoms with Crippen molar-refractivity contribution in [2.24, 2.45) is 16.7 Å². The summed E-state index contributed by atoms with van der Waals surface area (Å²) >= 11 is 6.20. The molecule has 5 rings (SSSR count). The topological polar surface area (TPSA) is 111 Å². The maximum Gasteiger partial charge on any atom is 0.254 e. The van der Waals surface area contributed by atoms with Gasteiger partial charge in [0.2, 0.25) is 5.82 Å². The van der Waals surface area contributed by atoms with E-state index in [1.807, 2.05) is 0 Å². The average molecular weight is 590 g/mol. The van der Waals surface area contributed by atoms with Crippen molar-refractivity contribution in [1.29, 1.82) is 5.26 Å². The summed E-state index contributed by atoms with van der Waals surface area (Å²) in [5, 5.41) is 22.4. The van der Waals surface area contributed by atoms with Crippen LogP contribution >= 0.6 is 11.6 Å². The summed E-state index contributed by atoms with van der Waals surface area (Å²) in [6, 6.07) is 7.57. The Labute approximate surface area is 253 Å². The number of halogens is 1. The van der Waals surface area contributed by atoms with Gasteiger partial charge in [0.25, 0.3) is 5.91 Å². The summed E-state index contributed by atoms with van der Waals surface area (Å²) in [6.07, 6.45) is 8.92. The number of aliphatic hydroxyl groups excluding tert-OH is 1. The highest BCUT2D eigenvalue weighted by Gasteiger charge is 2.64. The summed E-state index contributed by atoms with van der Waals surface area (Å²) in [5.74, 6) is 7.59. The van der Waals surface area contributed by atoms with Crippen molar-refractivity contribution in [3.8, 4) is 23.7 Å². The van der Waals surface area contributed by atoms with Gasteiger partial charge in [-0.2, -0.15) is 5.26 Å². The highest BCUT2D eigenvalue weighted by molar-refractivity contribution is 6.31. The molecule has 222 valence electrons. The molecule has 1 aliphatic heterocycles. The highest BCUT2D eigenvalue weighted by atomic mass is 35.5. The molecule has 2 aliphatic carbocycles. The summed E-state index contributed by atoms with van der Waals surface area (Å²) in [7, 11) is 0. The Kier molecular flexibility index (Phi) is 8.81. The Balaban J connectivity index is 1.14. The van der Waals surface area contributed by atoms with Crippen molar-refractivity contribution in [2.75, 3.05) is 13.1 Å². The number of amides is 1. The SMILES string of the molecule is CC1(C)C(NC(=O)c2cnc(C#CC3CCC(N4CCC(O)CC4)CC3)nc2)C(C)(C)C1Oc1ccc(C#N)c(Cl)c1. The van der Waals surface area contributed by atoms with Crippen molar-refractivity contribution in [3.63, 3.8) is 0 Å². The molecule has 1 amide bonds. The van der Waals surface area contributed by atoms with Gasteiger partial charge in [-0.3, -0.25) is 4.79 Å². The zero-order chi connectivity index (χ0) is 30.1. The lowest BCUT2D eigenvalue weighted by Crippen LogP contribution is -2.74. The molecule has 2 saturated carbocycles. The van der Waals surface area contributed by atoms with Crippen LogP contribution in [0.2, 0.25) is 5.02 Å². The summed E-state index contributed by atoms with van der Waals surface area (Å²) < 4.78 is 6.32. The minimum absolute atomic E-state index is 0.133. The zero-order valence-corrected chi connectivity index (χ0v) is 25.6. The van der Waals surface area contributed by atoms with E-state index in [0.29, 0.717) is 39.7 Å². The molecular weight excluding hydrogens is 550 g/mol. The van der Waals surface area contributed by atoms with Gasteiger partial charge in [-0.15, -0.1) is 0 Å². The van der Waals surface area contributed by atoms with Gasteiger partial charge in [-0.1, -0.05) is 45.2 Å². The van der Waals surface area contributed by atoms with Crippen molar-refractivity contribution in [3.05, 3.63) is 52.6 Å². The molecule has 3 fully saturated rings. The number of aromatic nitrogens is 2. The first kappa shape index (κ1) is 30.3. The molecule has 2 heterocycles. The van der Waals surface area contributed by atoms with E-state index in [1.165, 1.54) is 0 Å². The van der Waals surface area contributed by atoms with Crippen LogP contribution in [-0.2, 0) is 0 Å². The van der Waals surface area contributed by atoms with Gasteiger partial charge < -0.3 is 20.1 Å². The van der Waals surface area contributed by atoms with Crippen molar-refractivity contribution in [1.82, 2.24) is 20.2 Å². The number of carbonyl (C=O) groups is 1. The standard InChI is InChI=1S/C33H40ClN5O3/c1-32(2)30(33(3,4)31(32)42-26-11-8-22(18-35)27(34)17-26)38-29(41)23-19-36-28(37-20-23)12-7-21-5-9-24(10-6-21)39-15-13-25(40)14-16-39/h8,11,17,19-21,24-25,30-31,40H,5-6,9-10,13-16H2,1-4H3,(H,38,41). The first-order valence-electron chi connectivity index (χ1n) is 14.9. The van der Waals surface area contributed by atoms with Gasteiger partial charge in [0.15, 0.2) is 0 Å². The fourth-order valence-corrected chi connectivity index (χ4v) is 7.54. The van der Waals surface area contributed by atoms with Crippen molar-refractivity contribution < 1.29 is 14.6 Å². The van der Waals surface area contributed by atoms with Crippen LogP contribution in [0.25, 0.3) is 0 Å². The first-order valence-corrected chi connectivity index (χ1v) is 15.3. The van der Waals surface area contributed by atoms with Crippen molar-refractivity contribution in [2.45, 2.75) is 90.5 Å². The third kappa shape index (κ3) is 6.27. The van der Waals surface area contributed by atoms with Crippen LogP contribution in [0.15, 0.2) is 30.6 Å². The lowest BCUT2D eigenvalue weighted by molar-refractivity contribution is -0.164. The molecule has 9 heteroatoms. The van der Waals surface area contributed by atoms with Crippen LogP contribution in [0.4, 0.5) is 0 Å². The van der Waals surface area contributed by atoms with E-state index in [9.17, 15) is 9.90 Å². The highest BCUT2D eigenvalue weighted by Crippen LogP contribution is 2.55. The van der Waals surface area contributed by atoms with E-state index in [1.54, 1.807) is 30.6 Å². The number of nitriles is 1. The molecule has 1 aromatic heterocycles. The van der Waals surface area contributed by atoms with Crippen molar-refractivity contribution >= 4 is 17.5 Å². The maximum atomic E-state index is 13.2. The molecule has 0 bridgehead atoms. The number of ether oxygens (including phenoxy) is 1. The second-order valence-electron chi connectivity index (χ2n) is 13.1. The van der Waals surface area contributed by atoms with Crippen LogP contribution in [-0.4, -0.2) is 63.3 Å². The number of nitrogens with zero attached hydrogens (tertiary/aromatic N) is 4. The quantitative estimate of drug-likeness (QED) is 0.473. The number of hydrogen-bond donors (Lipinski definition) is 2. The molecule has 0 atom stereocenters. The van der Waals surface area contributed by atoms with E-state index in [-0.39, 0.29) is 35.0 Å². The van der Waals surface area contributed by atoms with Gasteiger partial charge in [0.05, 0.1) is 22.3 Å². The molecule has 42 heavy (non-hydrogen) atoms. The van der Waals surface area contributed by atoms with Gasteiger partial charge in [0, 0.05) is 60.4 Å². The Morgan fingerprint density at radius 3 is 2.31 bits per heavy atom. The van der Waals surface area contributed by atoms with Gasteiger partial charge in [-0.05, 0) is 56.6 Å². The number of aliphatic hydroxyl groups is 1. The summed E-state index contributed by atoms with van der Waals surface area (Å²) in [4.78, 5) is 24.4. The van der Waals surface area contributed by atoms with E-state index < -0.39 is 0 Å². The Morgan fingerprint density at radius 1 is 1.07 bits per heavy atom. The number of carbonyl (C=O) groups excluding carboxylic acids is 1. The van der Waals surface area contributed by atoms with Crippen LogP contribution in [0, 0.1) is 39.9 Å². The minimum atomic E-state index is -0.361. The molecule has 1 saturated heterocycles. The van der Waals surface area contributed by atoms with E-state index in [0.717, 1.165) is 51.6 Å². The van der Waals surface area contributed by atoms with Gasteiger partial charge >= 0.3 is 0 Å². The smallest absolute Gasteiger partial charge is 0.254 e. The molecule has 2 N–H and O–H groups in total. The predicted molar refractivity (Wildman–Crippen MR) is 161 cm³/mol. The van der Waals surface area contributed by atoms with Crippen LogP contribution in [0.3, 0.4) is 0 Å². The number of piperidine rings is 1. The van der Waals surface area contributed by atoms with Gasteiger partial charge in [-0.25, -0.2) is 9.97 Å². The summed E-state index contributed by atoms with van der Waals surface area (Å²) in [5.41, 5.74) is 0.0707. The molecule has 0 radical (unpaired) electrons. The Hall–Kier alpha value is -3.17. The lowest BCUT2D eigenvalue weighted by Gasteiger charge is -2.63.